The minimum atomic E-state index is -0.847. The van der Waals surface area contributed by atoms with Crippen LogP contribution in [0.15, 0.2) is 24.3 Å². The van der Waals surface area contributed by atoms with E-state index in [0.29, 0.717) is 0 Å². The van der Waals surface area contributed by atoms with Crippen LogP contribution in [-0.4, -0.2) is 24.2 Å². The fourth-order valence-electron chi connectivity index (χ4n) is 1.81. The first kappa shape index (κ1) is 23.7. The summed E-state index contributed by atoms with van der Waals surface area (Å²) < 4.78 is 4.45. The van der Waals surface area contributed by atoms with Crippen molar-refractivity contribution in [2.24, 2.45) is 0 Å². The third-order valence-corrected chi connectivity index (χ3v) is 3.16. The minimum absolute atomic E-state index is 0.259. The molecule has 0 radical (unpaired) electrons. The summed E-state index contributed by atoms with van der Waals surface area (Å²) in [6, 6.07) is 0. The number of ether oxygens (including phenoxy) is 1. The van der Waals surface area contributed by atoms with Crippen molar-refractivity contribution in [1.29, 1.82) is 0 Å². The van der Waals surface area contributed by atoms with Gasteiger partial charge in [0.1, 0.15) is 0 Å². The van der Waals surface area contributed by atoms with E-state index in [4.69, 9.17) is 5.11 Å². The van der Waals surface area contributed by atoms with Crippen LogP contribution in [0.5, 0.6) is 0 Å². The molecule has 0 saturated heterocycles. The molecule has 0 heterocycles. The zero-order valence-electron chi connectivity index (χ0n) is 15.1. The van der Waals surface area contributed by atoms with Crippen LogP contribution in [0.2, 0.25) is 0 Å². The first-order valence-corrected chi connectivity index (χ1v) is 8.72. The van der Waals surface area contributed by atoms with E-state index in [-0.39, 0.29) is 5.97 Å². The van der Waals surface area contributed by atoms with E-state index in [2.05, 4.69) is 18.6 Å². The average molecular weight is 326 g/mol. The maximum atomic E-state index is 10.6. The molecule has 0 rings (SSSR count). The van der Waals surface area contributed by atoms with E-state index >= 15 is 0 Å². The molecule has 0 saturated carbocycles. The summed E-state index contributed by atoms with van der Waals surface area (Å²) in [5, 5.41) is 8.23. The first-order valence-electron chi connectivity index (χ1n) is 8.72. The van der Waals surface area contributed by atoms with Gasteiger partial charge in [0.15, 0.2) is 0 Å². The van der Waals surface area contributed by atoms with Crippen LogP contribution in [0.4, 0.5) is 0 Å². The number of carbonyl (C=O) groups excluding carboxylic acids is 1. The van der Waals surface area contributed by atoms with Crippen LogP contribution in [0, 0.1) is 0 Å². The van der Waals surface area contributed by atoms with Crippen molar-refractivity contribution < 1.29 is 19.4 Å². The zero-order valence-corrected chi connectivity index (χ0v) is 15.1. The van der Waals surface area contributed by atoms with E-state index in [1.165, 1.54) is 64.2 Å². The van der Waals surface area contributed by atoms with E-state index in [9.17, 15) is 9.59 Å². The molecule has 0 unspecified atom stereocenters. The number of unbranched alkanes of at least 4 members (excludes halogenated alkanes) is 8. The third kappa shape index (κ3) is 25.7. The van der Waals surface area contributed by atoms with Crippen molar-refractivity contribution in [3.63, 3.8) is 0 Å². The Bertz CT molecular complexity index is 332. The van der Waals surface area contributed by atoms with Crippen LogP contribution in [0.25, 0.3) is 0 Å². The molecule has 23 heavy (non-hydrogen) atoms. The van der Waals surface area contributed by atoms with Gasteiger partial charge in [-0.25, -0.2) is 9.59 Å². The Hall–Kier alpha value is -1.58. The van der Waals surface area contributed by atoms with Gasteiger partial charge in [-0.15, -0.1) is 0 Å². The number of carboxylic acids is 1. The van der Waals surface area contributed by atoms with Gasteiger partial charge < -0.3 is 9.84 Å². The predicted octanol–water partition coefficient (Wildman–Crippen LogP) is 5.28. The lowest BCUT2D eigenvalue weighted by Gasteiger charge is -1.93. The van der Waals surface area contributed by atoms with Gasteiger partial charge in [-0.1, -0.05) is 64.5 Å². The number of methoxy groups -OCH3 is 1. The quantitative estimate of drug-likeness (QED) is 0.301. The molecule has 4 nitrogen and oxygen atoms in total. The van der Waals surface area contributed by atoms with Gasteiger partial charge in [-0.05, 0) is 25.7 Å². The maximum absolute atomic E-state index is 10.6. The van der Waals surface area contributed by atoms with Gasteiger partial charge in [0, 0.05) is 12.2 Å². The number of rotatable bonds is 12. The smallest absolute Gasteiger partial charge is 0.330 e. The number of hydrogen-bond donors (Lipinski definition) is 1. The summed E-state index contributed by atoms with van der Waals surface area (Å²) in [5.41, 5.74) is 0. The fraction of sp³-hybridized carbons (Fsp3) is 0.684. The molecule has 0 aromatic carbocycles. The highest BCUT2D eigenvalue weighted by molar-refractivity contribution is 5.81. The van der Waals surface area contributed by atoms with Crippen LogP contribution in [-0.2, 0) is 14.3 Å². The summed E-state index contributed by atoms with van der Waals surface area (Å²) in [5.74, 6) is -1.11. The summed E-state index contributed by atoms with van der Waals surface area (Å²) in [7, 11) is 1.39. The molecule has 1 N–H and O–H groups in total. The molecule has 0 atom stereocenters. The summed E-state index contributed by atoms with van der Waals surface area (Å²) in [6.45, 7) is 4.34. The lowest BCUT2D eigenvalue weighted by molar-refractivity contribution is -0.135. The van der Waals surface area contributed by atoms with E-state index in [1.54, 1.807) is 6.08 Å². The second-order valence-electron chi connectivity index (χ2n) is 5.36. The Morgan fingerprint density at radius 1 is 0.826 bits per heavy atom. The number of aliphatic carboxylic acids is 1. The molecule has 0 aromatic heterocycles. The number of allylic oxidation sites excluding steroid dienone is 2. The van der Waals surface area contributed by atoms with Crippen LogP contribution in [0.3, 0.4) is 0 Å². The van der Waals surface area contributed by atoms with Crippen molar-refractivity contribution in [3.05, 3.63) is 24.3 Å². The molecular formula is C19H34O4. The molecule has 4 heteroatoms. The van der Waals surface area contributed by atoms with Crippen molar-refractivity contribution >= 4 is 11.9 Å². The van der Waals surface area contributed by atoms with Crippen molar-refractivity contribution in [2.45, 2.75) is 78.1 Å². The SMILES string of the molecule is CCCCCC/C=C/C(=O)O.CCCCCCC=CC(=O)OC. The second kappa shape index (κ2) is 20.4. The minimum Gasteiger partial charge on any atom is -0.478 e. The van der Waals surface area contributed by atoms with Gasteiger partial charge in [0.25, 0.3) is 0 Å². The molecule has 0 spiro atoms. The Morgan fingerprint density at radius 3 is 1.70 bits per heavy atom. The van der Waals surface area contributed by atoms with E-state index in [0.717, 1.165) is 19.3 Å². The third-order valence-electron chi connectivity index (χ3n) is 3.16. The Kier molecular flexibility index (Phi) is 21.0. The lowest BCUT2D eigenvalue weighted by atomic mass is 10.1. The molecule has 0 aromatic rings. The predicted molar refractivity (Wildman–Crippen MR) is 95.4 cm³/mol. The summed E-state index contributed by atoms with van der Waals surface area (Å²) >= 11 is 0. The molecule has 0 aliphatic heterocycles. The molecule has 0 aliphatic carbocycles. The summed E-state index contributed by atoms with van der Waals surface area (Å²) in [4.78, 5) is 20.6. The maximum Gasteiger partial charge on any atom is 0.330 e. The first-order chi connectivity index (χ1) is 11.1. The normalized spacial score (nSPS) is 10.6. The topological polar surface area (TPSA) is 63.6 Å². The van der Waals surface area contributed by atoms with E-state index < -0.39 is 5.97 Å². The van der Waals surface area contributed by atoms with E-state index in [1.807, 2.05) is 6.08 Å². The Balaban J connectivity index is 0. The Labute approximate surface area is 141 Å². The molecule has 0 aliphatic rings. The second-order valence-corrected chi connectivity index (χ2v) is 5.36. The number of carboxylic acid groups (broad SMARTS) is 1. The highest BCUT2D eigenvalue weighted by Gasteiger charge is 1.89. The number of carbonyl (C=O) groups is 2. The van der Waals surface area contributed by atoms with Gasteiger partial charge in [-0.3, -0.25) is 0 Å². The largest absolute Gasteiger partial charge is 0.478 e. The highest BCUT2D eigenvalue weighted by Crippen LogP contribution is 2.03. The molecule has 0 amide bonds. The summed E-state index contributed by atoms with van der Waals surface area (Å²) in [6.07, 6.45) is 17.9. The number of esters is 1. The zero-order chi connectivity index (χ0) is 17.8. The lowest BCUT2D eigenvalue weighted by Crippen LogP contribution is -1.93. The van der Waals surface area contributed by atoms with Crippen LogP contribution < -0.4 is 0 Å². The van der Waals surface area contributed by atoms with Crippen molar-refractivity contribution in [3.8, 4) is 0 Å². The Morgan fingerprint density at radius 2 is 1.30 bits per heavy atom. The van der Waals surface area contributed by atoms with Crippen LogP contribution in [0.1, 0.15) is 78.1 Å². The molecule has 0 bridgehead atoms. The molecular weight excluding hydrogens is 292 g/mol. The van der Waals surface area contributed by atoms with Gasteiger partial charge in [0.05, 0.1) is 7.11 Å². The fourth-order valence-corrected chi connectivity index (χ4v) is 1.81. The van der Waals surface area contributed by atoms with Gasteiger partial charge in [-0.2, -0.15) is 0 Å². The average Bonchev–Trinajstić information content (AvgIpc) is 2.54. The number of hydrogen-bond acceptors (Lipinski definition) is 3. The van der Waals surface area contributed by atoms with Crippen LogP contribution >= 0.6 is 0 Å². The van der Waals surface area contributed by atoms with Crippen molar-refractivity contribution in [1.82, 2.24) is 0 Å². The standard InChI is InChI=1S/C10H18O2.C9H16O2/c1-3-4-5-6-7-8-9-10(11)12-2;1-2-3-4-5-6-7-8-9(10)11/h8-9H,3-7H2,1-2H3;7-8H,2-6H2,1H3,(H,10,11)/b;8-7+. The monoisotopic (exact) mass is 326 g/mol. The molecule has 0 fully saturated rings. The molecule has 134 valence electrons. The van der Waals surface area contributed by atoms with Crippen molar-refractivity contribution in [2.75, 3.05) is 7.11 Å². The van der Waals surface area contributed by atoms with Gasteiger partial charge in [0.2, 0.25) is 0 Å². The highest BCUT2D eigenvalue weighted by atomic mass is 16.5. The van der Waals surface area contributed by atoms with Gasteiger partial charge >= 0.3 is 11.9 Å².